The minimum atomic E-state index is 0.00524. The van der Waals surface area contributed by atoms with Gasteiger partial charge in [0.2, 0.25) is 0 Å². The lowest BCUT2D eigenvalue weighted by Crippen LogP contribution is -2.46. The van der Waals surface area contributed by atoms with Crippen molar-refractivity contribution in [3.05, 3.63) is 35.4 Å². The number of benzene rings is 1. The van der Waals surface area contributed by atoms with Gasteiger partial charge in [-0.1, -0.05) is 12.1 Å². The smallest absolute Gasteiger partial charge is 0.320 e. The molecule has 5 heteroatoms. The average Bonchev–Trinajstić information content (AvgIpc) is 2.47. The van der Waals surface area contributed by atoms with Crippen LogP contribution in [0.4, 0.5) is 4.79 Å². The minimum absolute atomic E-state index is 0.00524. The van der Waals surface area contributed by atoms with Crippen molar-refractivity contribution < 1.29 is 9.53 Å². The first-order valence-electron chi connectivity index (χ1n) is 6.27. The number of carbonyl (C=O) groups is 1. The molecule has 0 N–H and O–H groups in total. The standard InChI is InChI=1S/C14H17N3O2/c1-16(14(18)17-5-7-19-8-6-17)11-13-4-2-3-12(9-13)10-15/h2-4,9H,5-8,11H2,1H3. The quantitative estimate of drug-likeness (QED) is 0.807. The maximum atomic E-state index is 12.2. The van der Waals surface area contributed by atoms with Crippen LogP contribution in [0.2, 0.25) is 0 Å². The van der Waals surface area contributed by atoms with E-state index < -0.39 is 0 Å². The van der Waals surface area contributed by atoms with Crippen LogP contribution in [-0.2, 0) is 11.3 Å². The molecule has 0 unspecified atom stereocenters. The summed E-state index contributed by atoms with van der Waals surface area (Å²) < 4.78 is 5.23. The molecular formula is C14H17N3O2. The lowest BCUT2D eigenvalue weighted by Gasteiger charge is -2.31. The summed E-state index contributed by atoms with van der Waals surface area (Å²) in [4.78, 5) is 15.6. The normalized spacial score (nSPS) is 14.8. The molecule has 1 heterocycles. The predicted molar refractivity (Wildman–Crippen MR) is 70.4 cm³/mol. The van der Waals surface area contributed by atoms with Gasteiger partial charge >= 0.3 is 6.03 Å². The van der Waals surface area contributed by atoms with E-state index in [0.29, 0.717) is 38.4 Å². The zero-order chi connectivity index (χ0) is 13.7. The summed E-state index contributed by atoms with van der Waals surface area (Å²) in [5, 5.41) is 8.86. The number of hydrogen-bond acceptors (Lipinski definition) is 3. The van der Waals surface area contributed by atoms with Crippen LogP contribution in [0.15, 0.2) is 24.3 Å². The van der Waals surface area contributed by atoms with E-state index >= 15 is 0 Å². The van der Waals surface area contributed by atoms with E-state index in [-0.39, 0.29) is 6.03 Å². The average molecular weight is 259 g/mol. The van der Waals surface area contributed by atoms with E-state index in [1.807, 2.05) is 18.2 Å². The van der Waals surface area contributed by atoms with Crippen molar-refractivity contribution in [1.29, 1.82) is 5.26 Å². The monoisotopic (exact) mass is 259 g/mol. The maximum absolute atomic E-state index is 12.2. The van der Waals surface area contributed by atoms with Crippen molar-refractivity contribution in [1.82, 2.24) is 9.80 Å². The van der Waals surface area contributed by atoms with Crippen LogP contribution in [-0.4, -0.2) is 49.2 Å². The fourth-order valence-electron chi connectivity index (χ4n) is 2.08. The zero-order valence-corrected chi connectivity index (χ0v) is 11.0. The molecule has 0 aromatic heterocycles. The highest BCUT2D eigenvalue weighted by molar-refractivity contribution is 5.74. The second kappa shape index (κ2) is 6.21. The molecule has 0 atom stereocenters. The number of rotatable bonds is 2. The largest absolute Gasteiger partial charge is 0.378 e. The number of morpholine rings is 1. The van der Waals surface area contributed by atoms with Crippen molar-refractivity contribution in [2.45, 2.75) is 6.54 Å². The number of urea groups is 1. The molecule has 1 aromatic rings. The van der Waals surface area contributed by atoms with Gasteiger partial charge in [-0.2, -0.15) is 5.26 Å². The van der Waals surface area contributed by atoms with Crippen LogP contribution in [0.25, 0.3) is 0 Å². The predicted octanol–water partition coefficient (Wildman–Crippen LogP) is 1.44. The third-order valence-electron chi connectivity index (χ3n) is 3.08. The molecule has 1 saturated heterocycles. The fourth-order valence-corrected chi connectivity index (χ4v) is 2.08. The van der Waals surface area contributed by atoms with Crippen molar-refractivity contribution >= 4 is 6.03 Å². The highest BCUT2D eigenvalue weighted by Gasteiger charge is 2.20. The molecule has 1 aliphatic rings. The van der Waals surface area contributed by atoms with Gasteiger partial charge in [0.25, 0.3) is 0 Å². The number of hydrogen-bond donors (Lipinski definition) is 0. The molecule has 1 fully saturated rings. The first-order valence-corrected chi connectivity index (χ1v) is 6.27. The van der Waals surface area contributed by atoms with Gasteiger partial charge in [0, 0.05) is 26.7 Å². The number of amides is 2. The van der Waals surface area contributed by atoms with Gasteiger partial charge in [-0.25, -0.2) is 4.79 Å². The lowest BCUT2D eigenvalue weighted by atomic mass is 10.1. The third-order valence-corrected chi connectivity index (χ3v) is 3.08. The Balaban J connectivity index is 1.97. The molecule has 5 nitrogen and oxygen atoms in total. The first kappa shape index (κ1) is 13.4. The van der Waals surface area contributed by atoms with E-state index in [2.05, 4.69) is 6.07 Å². The van der Waals surface area contributed by atoms with E-state index in [1.165, 1.54) is 0 Å². The summed E-state index contributed by atoms with van der Waals surface area (Å²) in [6.45, 7) is 2.99. The Morgan fingerprint density at radius 2 is 2.21 bits per heavy atom. The van der Waals surface area contributed by atoms with Gasteiger partial charge in [-0.15, -0.1) is 0 Å². The second-order valence-electron chi connectivity index (χ2n) is 4.55. The van der Waals surface area contributed by atoms with Crippen LogP contribution in [0, 0.1) is 11.3 Å². The Kier molecular flexibility index (Phi) is 4.37. The van der Waals surface area contributed by atoms with Gasteiger partial charge in [0.05, 0.1) is 24.8 Å². The molecule has 1 aliphatic heterocycles. The molecule has 0 radical (unpaired) electrons. The van der Waals surface area contributed by atoms with Crippen molar-refractivity contribution in [3.8, 4) is 6.07 Å². The van der Waals surface area contributed by atoms with Crippen LogP contribution >= 0.6 is 0 Å². The van der Waals surface area contributed by atoms with Gasteiger partial charge < -0.3 is 14.5 Å². The molecule has 19 heavy (non-hydrogen) atoms. The van der Waals surface area contributed by atoms with Crippen LogP contribution < -0.4 is 0 Å². The van der Waals surface area contributed by atoms with Crippen LogP contribution in [0.1, 0.15) is 11.1 Å². The number of ether oxygens (including phenoxy) is 1. The Labute approximate surface area is 113 Å². The summed E-state index contributed by atoms with van der Waals surface area (Å²) >= 11 is 0. The SMILES string of the molecule is CN(Cc1cccc(C#N)c1)C(=O)N1CCOCC1. The molecular weight excluding hydrogens is 242 g/mol. The van der Waals surface area contributed by atoms with Crippen LogP contribution in [0.3, 0.4) is 0 Å². The molecule has 100 valence electrons. The molecule has 2 rings (SSSR count). The van der Waals surface area contributed by atoms with Crippen molar-refractivity contribution in [2.24, 2.45) is 0 Å². The van der Waals surface area contributed by atoms with Gasteiger partial charge in [0.1, 0.15) is 0 Å². The van der Waals surface area contributed by atoms with Gasteiger partial charge in [-0.3, -0.25) is 0 Å². The number of nitrogens with zero attached hydrogens (tertiary/aromatic N) is 3. The lowest BCUT2D eigenvalue weighted by molar-refractivity contribution is 0.0448. The molecule has 0 saturated carbocycles. The molecule has 2 amide bonds. The molecule has 1 aromatic carbocycles. The molecule has 0 aliphatic carbocycles. The summed E-state index contributed by atoms with van der Waals surface area (Å²) in [7, 11) is 1.77. The van der Waals surface area contributed by atoms with Crippen molar-refractivity contribution in [2.75, 3.05) is 33.4 Å². The van der Waals surface area contributed by atoms with E-state index in [1.54, 1.807) is 22.9 Å². The summed E-state index contributed by atoms with van der Waals surface area (Å²) in [5.41, 5.74) is 1.58. The third kappa shape index (κ3) is 3.46. The van der Waals surface area contributed by atoms with E-state index in [9.17, 15) is 4.79 Å². The Morgan fingerprint density at radius 3 is 2.89 bits per heavy atom. The summed E-state index contributed by atoms with van der Waals surface area (Å²) in [6, 6.07) is 9.43. The maximum Gasteiger partial charge on any atom is 0.320 e. The zero-order valence-electron chi connectivity index (χ0n) is 11.0. The number of nitriles is 1. The van der Waals surface area contributed by atoms with Gasteiger partial charge in [-0.05, 0) is 17.7 Å². The first-order chi connectivity index (χ1) is 9.20. The Hall–Kier alpha value is -2.06. The fraction of sp³-hybridized carbons (Fsp3) is 0.429. The number of carbonyl (C=O) groups excluding carboxylic acids is 1. The summed E-state index contributed by atoms with van der Waals surface area (Å²) in [6.07, 6.45) is 0. The van der Waals surface area contributed by atoms with Crippen molar-refractivity contribution in [3.63, 3.8) is 0 Å². The summed E-state index contributed by atoms with van der Waals surface area (Å²) in [5.74, 6) is 0. The van der Waals surface area contributed by atoms with E-state index in [4.69, 9.17) is 10.00 Å². The van der Waals surface area contributed by atoms with E-state index in [0.717, 1.165) is 5.56 Å². The topological polar surface area (TPSA) is 56.6 Å². The minimum Gasteiger partial charge on any atom is -0.378 e. The van der Waals surface area contributed by atoms with Gasteiger partial charge in [0.15, 0.2) is 0 Å². The Morgan fingerprint density at radius 1 is 1.47 bits per heavy atom. The van der Waals surface area contributed by atoms with Crippen LogP contribution in [0.5, 0.6) is 0 Å². The molecule has 0 spiro atoms. The highest BCUT2D eigenvalue weighted by atomic mass is 16.5. The Bertz CT molecular complexity index is 490. The highest BCUT2D eigenvalue weighted by Crippen LogP contribution is 2.09. The molecule has 0 bridgehead atoms. The second-order valence-corrected chi connectivity index (χ2v) is 4.55.